The summed E-state index contributed by atoms with van der Waals surface area (Å²) in [6, 6.07) is 7.99. The van der Waals surface area contributed by atoms with Crippen LogP contribution in [0.4, 0.5) is 5.69 Å². The van der Waals surface area contributed by atoms with E-state index in [4.69, 9.17) is 5.26 Å². The Hall–Kier alpha value is -1.53. The summed E-state index contributed by atoms with van der Waals surface area (Å²) in [7, 11) is 0. The first-order valence-electron chi connectivity index (χ1n) is 6.06. The molecule has 1 aliphatic heterocycles. The lowest BCUT2D eigenvalue weighted by atomic mass is 9.94. The summed E-state index contributed by atoms with van der Waals surface area (Å²) in [5.41, 5.74) is 2.79. The average Bonchev–Trinajstić information content (AvgIpc) is 2.32. The number of nitriles is 1. The zero-order valence-electron chi connectivity index (χ0n) is 10.3. The number of nitrogens with zero attached hydrogens (tertiary/aromatic N) is 2. The predicted octanol–water partition coefficient (Wildman–Crippen LogP) is 2.07. The fourth-order valence-electron chi connectivity index (χ4n) is 2.42. The first-order valence-corrected chi connectivity index (χ1v) is 6.06. The van der Waals surface area contributed by atoms with Gasteiger partial charge in [-0.15, -0.1) is 0 Å². The van der Waals surface area contributed by atoms with E-state index in [-0.39, 0.29) is 6.10 Å². The molecule has 1 aliphatic rings. The van der Waals surface area contributed by atoms with Crippen molar-refractivity contribution >= 4 is 5.69 Å². The van der Waals surface area contributed by atoms with Gasteiger partial charge in [-0.25, -0.2) is 0 Å². The highest BCUT2D eigenvalue weighted by Gasteiger charge is 2.26. The second-order valence-electron chi connectivity index (χ2n) is 4.86. The van der Waals surface area contributed by atoms with Crippen LogP contribution in [0.25, 0.3) is 0 Å². The molecule has 1 fully saturated rings. The Morgan fingerprint density at radius 1 is 1.47 bits per heavy atom. The third-order valence-corrected chi connectivity index (χ3v) is 3.59. The summed E-state index contributed by atoms with van der Waals surface area (Å²) in [6.07, 6.45) is 0.676. The minimum Gasteiger partial charge on any atom is -0.391 e. The van der Waals surface area contributed by atoms with Crippen molar-refractivity contribution in [2.24, 2.45) is 5.92 Å². The Balaban J connectivity index is 2.32. The topological polar surface area (TPSA) is 47.3 Å². The number of hydrogen-bond donors (Lipinski definition) is 1. The van der Waals surface area contributed by atoms with E-state index >= 15 is 0 Å². The SMILES string of the molecule is Cc1cccc(C#N)c1N1CCC(C)C(O)C1. The lowest BCUT2D eigenvalue weighted by Gasteiger charge is -2.37. The van der Waals surface area contributed by atoms with Crippen molar-refractivity contribution in [2.45, 2.75) is 26.4 Å². The van der Waals surface area contributed by atoms with Gasteiger partial charge in [0.2, 0.25) is 0 Å². The second-order valence-corrected chi connectivity index (χ2v) is 4.86. The molecule has 1 saturated heterocycles. The number of aliphatic hydroxyl groups is 1. The maximum Gasteiger partial charge on any atom is 0.101 e. The largest absolute Gasteiger partial charge is 0.391 e. The number of rotatable bonds is 1. The highest BCUT2D eigenvalue weighted by atomic mass is 16.3. The van der Waals surface area contributed by atoms with Crippen LogP contribution >= 0.6 is 0 Å². The number of hydrogen-bond acceptors (Lipinski definition) is 3. The highest BCUT2D eigenvalue weighted by molar-refractivity contribution is 5.64. The van der Waals surface area contributed by atoms with E-state index in [1.54, 1.807) is 0 Å². The minimum atomic E-state index is -0.296. The molecule has 0 aliphatic carbocycles. The van der Waals surface area contributed by atoms with Crippen molar-refractivity contribution in [3.63, 3.8) is 0 Å². The van der Waals surface area contributed by atoms with E-state index < -0.39 is 0 Å². The molecule has 2 unspecified atom stereocenters. The predicted molar refractivity (Wildman–Crippen MR) is 67.9 cm³/mol. The van der Waals surface area contributed by atoms with Crippen LogP contribution < -0.4 is 4.90 Å². The number of para-hydroxylation sites is 1. The molecule has 0 aromatic heterocycles. The van der Waals surface area contributed by atoms with E-state index in [0.717, 1.165) is 24.2 Å². The maximum absolute atomic E-state index is 9.94. The van der Waals surface area contributed by atoms with Gasteiger partial charge in [0.25, 0.3) is 0 Å². The van der Waals surface area contributed by atoms with Crippen LogP contribution in [0.5, 0.6) is 0 Å². The summed E-state index contributed by atoms with van der Waals surface area (Å²) in [5.74, 6) is 0.348. The molecule has 2 rings (SSSR count). The van der Waals surface area contributed by atoms with Crippen LogP contribution in [0.2, 0.25) is 0 Å². The van der Waals surface area contributed by atoms with Gasteiger partial charge in [-0.1, -0.05) is 19.1 Å². The maximum atomic E-state index is 9.94. The molecule has 3 nitrogen and oxygen atoms in total. The lowest BCUT2D eigenvalue weighted by molar-refractivity contribution is 0.103. The molecule has 90 valence electrons. The van der Waals surface area contributed by atoms with Gasteiger partial charge in [0, 0.05) is 13.1 Å². The number of β-amino-alcohol motifs (C(OH)–C–C–N with tert-alkyl or cyclic N) is 1. The third kappa shape index (κ3) is 2.27. The van der Waals surface area contributed by atoms with E-state index in [1.165, 1.54) is 0 Å². The molecule has 1 heterocycles. The molecule has 0 radical (unpaired) electrons. The summed E-state index contributed by atoms with van der Waals surface area (Å²) < 4.78 is 0. The van der Waals surface area contributed by atoms with Gasteiger partial charge in [0.1, 0.15) is 6.07 Å². The van der Waals surface area contributed by atoms with Gasteiger partial charge in [-0.2, -0.15) is 5.26 Å². The molecule has 1 N–H and O–H groups in total. The lowest BCUT2D eigenvalue weighted by Crippen LogP contribution is -2.43. The Morgan fingerprint density at radius 3 is 2.88 bits per heavy atom. The molecule has 2 atom stereocenters. The Labute approximate surface area is 102 Å². The number of benzene rings is 1. The van der Waals surface area contributed by atoms with Crippen molar-refractivity contribution in [1.82, 2.24) is 0 Å². The van der Waals surface area contributed by atoms with E-state index in [1.807, 2.05) is 25.1 Å². The number of aryl methyl sites for hydroxylation is 1. The molecular weight excluding hydrogens is 212 g/mol. The molecule has 1 aromatic carbocycles. The Morgan fingerprint density at radius 2 is 2.24 bits per heavy atom. The minimum absolute atomic E-state index is 0.296. The molecule has 17 heavy (non-hydrogen) atoms. The first kappa shape index (κ1) is 11.9. The van der Waals surface area contributed by atoms with Crippen LogP contribution in [0.1, 0.15) is 24.5 Å². The third-order valence-electron chi connectivity index (χ3n) is 3.59. The smallest absolute Gasteiger partial charge is 0.101 e. The van der Waals surface area contributed by atoms with Gasteiger partial charge in [-0.3, -0.25) is 0 Å². The monoisotopic (exact) mass is 230 g/mol. The second kappa shape index (κ2) is 4.77. The van der Waals surface area contributed by atoms with Gasteiger partial charge < -0.3 is 10.0 Å². The van der Waals surface area contributed by atoms with Crippen molar-refractivity contribution in [2.75, 3.05) is 18.0 Å². The molecule has 1 aromatic rings. The molecule has 0 spiro atoms. The van der Waals surface area contributed by atoms with Crippen molar-refractivity contribution in [1.29, 1.82) is 5.26 Å². The Kier molecular flexibility index (Phi) is 3.35. The number of anilines is 1. The van der Waals surface area contributed by atoms with Crippen LogP contribution in [0, 0.1) is 24.2 Å². The summed E-state index contributed by atoms with van der Waals surface area (Å²) in [6.45, 7) is 5.63. The Bertz CT molecular complexity index is 450. The summed E-state index contributed by atoms with van der Waals surface area (Å²) in [4.78, 5) is 2.14. The van der Waals surface area contributed by atoms with E-state index in [9.17, 15) is 5.11 Å². The van der Waals surface area contributed by atoms with E-state index in [2.05, 4.69) is 17.9 Å². The molecule has 0 bridgehead atoms. The zero-order chi connectivity index (χ0) is 12.4. The molecule has 0 amide bonds. The summed E-state index contributed by atoms with van der Waals surface area (Å²) >= 11 is 0. The molecule has 0 saturated carbocycles. The fraction of sp³-hybridized carbons (Fsp3) is 0.500. The molecule has 3 heteroatoms. The average molecular weight is 230 g/mol. The van der Waals surface area contributed by atoms with Gasteiger partial charge >= 0.3 is 0 Å². The number of aliphatic hydroxyl groups excluding tert-OH is 1. The quantitative estimate of drug-likeness (QED) is 0.803. The zero-order valence-corrected chi connectivity index (χ0v) is 10.3. The molecular formula is C14H18N2O. The van der Waals surface area contributed by atoms with Crippen LogP contribution in [0.3, 0.4) is 0 Å². The van der Waals surface area contributed by atoms with Crippen LogP contribution in [-0.4, -0.2) is 24.3 Å². The van der Waals surface area contributed by atoms with Crippen molar-refractivity contribution in [3.8, 4) is 6.07 Å². The van der Waals surface area contributed by atoms with Gasteiger partial charge in [0.05, 0.1) is 17.4 Å². The fourth-order valence-corrected chi connectivity index (χ4v) is 2.42. The van der Waals surface area contributed by atoms with E-state index in [0.29, 0.717) is 18.0 Å². The van der Waals surface area contributed by atoms with Crippen LogP contribution in [-0.2, 0) is 0 Å². The first-order chi connectivity index (χ1) is 8.13. The summed E-state index contributed by atoms with van der Waals surface area (Å²) in [5, 5.41) is 19.1. The van der Waals surface area contributed by atoms with Gasteiger partial charge in [-0.05, 0) is 30.9 Å². The van der Waals surface area contributed by atoms with Crippen molar-refractivity contribution in [3.05, 3.63) is 29.3 Å². The van der Waals surface area contributed by atoms with Gasteiger partial charge in [0.15, 0.2) is 0 Å². The number of piperidine rings is 1. The highest BCUT2D eigenvalue weighted by Crippen LogP contribution is 2.29. The standard InChI is InChI=1S/C14H18N2O/c1-10-6-7-16(9-13(10)17)14-11(2)4-3-5-12(14)8-15/h3-5,10,13,17H,6-7,9H2,1-2H3. The van der Waals surface area contributed by atoms with Crippen molar-refractivity contribution < 1.29 is 5.11 Å². The van der Waals surface area contributed by atoms with Crippen LogP contribution in [0.15, 0.2) is 18.2 Å². The normalized spacial score (nSPS) is 24.5.